The van der Waals surface area contributed by atoms with E-state index in [1.807, 2.05) is 18.2 Å². The van der Waals surface area contributed by atoms with Crippen LogP contribution in [0.4, 0.5) is 8.78 Å². The predicted octanol–water partition coefficient (Wildman–Crippen LogP) is 3.34. The van der Waals surface area contributed by atoms with Crippen LogP contribution in [-0.4, -0.2) is 40.4 Å². The lowest BCUT2D eigenvalue weighted by atomic mass is 10.2. The fraction of sp³-hybridized carbons (Fsp3) is 0.316. The molecule has 0 fully saturated rings. The van der Waals surface area contributed by atoms with Crippen molar-refractivity contribution in [3.05, 3.63) is 53.6 Å². The van der Waals surface area contributed by atoms with Crippen molar-refractivity contribution < 1.29 is 23.0 Å². The summed E-state index contributed by atoms with van der Waals surface area (Å²) in [6.45, 7) is 1.11. The second-order valence-corrected chi connectivity index (χ2v) is 5.47. The summed E-state index contributed by atoms with van der Waals surface area (Å²) >= 11 is 0. The fourth-order valence-corrected chi connectivity index (χ4v) is 2.32. The Labute approximate surface area is 180 Å². The highest BCUT2D eigenvalue weighted by Gasteiger charge is 2.06. The second kappa shape index (κ2) is 12.2. The number of methoxy groups -OCH3 is 2. The largest absolute Gasteiger partial charge is 0.493 e. The minimum atomic E-state index is -0.731. The number of halogens is 3. The summed E-state index contributed by atoms with van der Waals surface area (Å²) in [6, 6.07) is 8.81. The first-order valence-corrected chi connectivity index (χ1v) is 8.30. The maximum Gasteiger partial charge on any atom is 0.191 e. The molecular weight excluding hydrogens is 483 g/mol. The van der Waals surface area contributed by atoms with Gasteiger partial charge in [0, 0.05) is 19.7 Å². The van der Waals surface area contributed by atoms with Crippen LogP contribution in [0.5, 0.6) is 17.2 Å². The summed E-state index contributed by atoms with van der Waals surface area (Å²) < 4.78 is 42.1. The van der Waals surface area contributed by atoms with Gasteiger partial charge in [-0.2, -0.15) is 0 Å². The first-order valence-electron chi connectivity index (χ1n) is 8.30. The number of nitrogens with zero attached hydrogens (tertiary/aromatic N) is 1. The van der Waals surface area contributed by atoms with Crippen LogP contribution in [0.25, 0.3) is 0 Å². The number of guanidine groups is 1. The normalized spacial score (nSPS) is 10.7. The van der Waals surface area contributed by atoms with E-state index in [0.717, 1.165) is 17.7 Å². The summed E-state index contributed by atoms with van der Waals surface area (Å²) in [4.78, 5) is 4.11. The summed E-state index contributed by atoms with van der Waals surface area (Å²) in [5.74, 6) is 0.506. The summed E-state index contributed by atoms with van der Waals surface area (Å²) in [5, 5.41) is 6.21. The highest BCUT2D eigenvalue weighted by atomic mass is 127. The third-order valence-corrected chi connectivity index (χ3v) is 3.68. The molecule has 0 aliphatic carbocycles. The van der Waals surface area contributed by atoms with E-state index in [2.05, 4.69) is 15.6 Å². The molecule has 0 unspecified atom stereocenters. The van der Waals surface area contributed by atoms with Crippen LogP contribution >= 0.6 is 24.0 Å². The smallest absolute Gasteiger partial charge is 0.191 e. The van der Waals surface area contributed by atoms with Gasteiger partial charge in [-0.3, -0.25) is 4.99 Å². The molecule has 9 heteroatoms. The predicted molar refractivity (Wildman–Crippen MR) is 115 cm³/mol. The zero-order valence-corrected chi connectivity index (χ0v) is 18.3. The second-order valence-electron chi connectivity index (χ2n) is 5.47. The summed E-state index contributed by atoms with van der Waals surface area (Å²) in [7, 11) is 4.81. The van der Waals surface area contributed by atoms with E-state index in [-0.39, 0.29) is 36.3 Å². The molecule has 0 saturated heterocycles. The number of hydrogen-bond donors (Lipinski definition) is 2. The molecule has 0 aliphatic rings. The molecule has 2 aromatic carbocycles. The number of ether oxygens (including phenoxy) is 3. The van der Waals surface area contributed by atoms with Crippen molar-refractivity contribution >= 4 is 29.9 Å². The molecular formula is C19H24F2IN3O3. The molecule has 0 amide bonds. The first-order chi connectivity index (χ1) is 13.1. The van der Waals surface area contributed by atoms with Crippen molar-refractivity contribution in [1.82, 2.24) is 10.6 Å². The Balaban J connectivity index is 0.00000392. The molecule has 2 aromatic rings. The summed E-state index contributed by atoms with van der Waals surface area (Å²) in [6.07, 6.45) is 0. The third-order valence-electron chi connectivity index (χ3n) is 3.68. The topological polar surface area (TPSA) is 64.1 Å². The van der Waals surface area contributed by atoms with E-state index in [1.54, 1.807) is 21.3 Å². The average molecular weight is 507 g/mol. The molecule has 0 heterocycles. The van der Waals surface area contributed by atoms with E-state index < -0.39 is 11.6 Å². The third kappa shape index (κ3) is 7.02. The van der Waals surface area contributed by atoms with Gasteiger partial charge in [0.1, 0.15) is 12.4 Å². The number of hydrogen-bond acceptors (Lipinski definition) is 4. The molecule has 0 bridgehead atoms. The standard InChI is InChI=1S/C19H23F2N3O3.HI/c1-22-19(23-8-9-27-16-7-5-14(20)11-15(16)21)24-12-13-4-6-17(25-2)18(10-13)26-3;/h4-7,10-11H,8-9,12H2,1-3H3,(H2,22,23,24);1H. The van der Waals surface area contributed by atoms with Gasteiger partial charge in [0.2, 0.25) is 0 Å². The Hall–Kier alpha value is -2.30. The van der Waals surface area contributed by atoms with Crippen molar-refractivity contribution in [2.24, 2.45) is 4.99 Å². The van der Waals surface area contributed by atoms with Crippen molar-refractivity contribution in [1.29, 1.82) is 0 Å². The van der Waals surface area contributed by atoms with Crippen molar-refractivity contribution in [2.45, 2.75) is 6.54 Å². The van der Waals surface area contributed by atoms with Crippen LogP contribution in [0.1, 0.15) is 5.56 Å². The van der Waals surface area contributed by atoms with Gasteiger partial charge in [0.05, 0.1) is 20.8 Å². The lowest BCUT2D eigenvalue weighted by Crippen LogP contribution is -2.38. The van der Waals surface area contributed by atoms with Crippen molar-refractivity contribution in [3.63, 3.8) is 0 Å². The quantitative estimate of drug-likeness (QED) is 0.249. The van der Waals surface area contributed by atoms with E-state index in [9.17, 15) is 8.78 Å². The number of aliphatic imine (C=N–C) groups is 1. The average Bonchev–Trinajstić information content (AvgIpc) is 2.68. The van der Waals surface area contributed by atoms with E-state index in [0.29, 0.717) is 30.5 Å². The lowest BCUT2D eigenvalue weighted by molar-refractivity contribution is 0.304. The number of rotatable bonds is 8. The molecule has 0 aromatic heterocycles. The molecule has 0 aliphatic heterocycles. The summed E-state index contributed by atoms with van der Waals surface area (Å²) in [5.41, 5.74) is 0.986. The van der Waals surface area contributed by atoms with Crippen molar-refractivity contribution in [3.8, 4) is 17.2 Å². The van der Waals surface area contributed by atoms with E-state index in [4.69, 9.17) is 14.2 Å². The van der Waals surface area contributed by atoms with Gasteiger partial charge in [0.25, 0.3) is 0 Å². The molecule has 154 valence electrons. The van der Waals surface area contributed by atoms with Crippen LogP contribution in [0.2, 0.25) is 0 Å². The Morgan fingerprint density at radius 2 is 1.68 bits per heavy atom. The van der Waals surface area contributed by atoms with Gasteiger partial charge in [0.15, 0.2) is 29.0 Å². The van der Waals surface area contributed by atoms with Crippen LogP contribution in [0.15, 0.2) is 41.4 Å². The van der Waals surface area contributed by atoms with Crippen LogP contribution in [0, 0.1) is 11.6 Å². The van der Waals surface area contributed by atoms with E-state index >= 15 is 0 Å². The van der Waals surface area contributed by atoms with Gasteiger partial charge >= 0.3 is 0 Å². The molecule has 2 rings (SSSR count). The van der Waals surface area contributed by atoms with Gasteiger partial charge < -0.3 is 24.8 Å². The highest BCUT2D eigenvalue weighted by molar-refractivity contribution is 14.0. The van der Waals surface area contributed by atoms with Gasteiger partial charge in [-0.15, -0.1) is 24.0 Å². The fourth-order valence-electron chi connectivity index (χ4n) is 2.32. The Bertz CT molecular complexity index is 791. The maximum atomic E-state index is 13.5. The SMILES string of the molecule is CN=C(NCCOc1ccc(F)cc1F)NCc1ccc(OC)c(OC)c1.I. The first kappa shape index (κ1) is 23.7. The zero-order valence-electron chi connectivity index (χ0n) is 15.9. The number of benzene rings is 2. The van der Waals surface area contributed by atoms with Gasteiger partial charge in [-0.1, -0.05) is 6.07 Å². The Kier molecular flexibility index (Phi) is 10.4. The Morgan fingerprint density at radius 1 is 0.964 bits per heavy atom. The Morgan fingerprint density at radius 3 is 2.32 bits per heavy atom. The molecule has 0 saturated carbocycles. The lowest BCUT2D eigenvalue weighted by Gasteiger charge is -2.14. The van der Waals surface area contributed by atoms with E-state index in [1.165, 1.54) is 6.07 Å². The molecule has 2 N–H and O–H groups in total. The molecule has 0 spiro atoms. The number of nitrogens with one attached hydrogen (secondary N) is 2. The molecule has 0 radical (unpaired) electrons. The molecule has 0 atom stereocenters. The molecule has 28 heavy (non-hydrogen) atoms. The highest BCUT2D eigenvalue weighted by Crippen LogP contribution is 2.27. The maximum absolute atomic E-state index is 13.5. The van der Waals surface area contributed by atoms with Crippen LogP contribution < -0.4 is 24.8 Å². The minimum absolute atomic E-state index is 0. The minimum Gasteiger partial charge on any atom is -0.493 e. The van der Waals surface area contributed by atoms with Crippen LogP contribution in [0.3, 0.4) is 0 Å². The zero-order chi connectivity index (χ0) is 19.6. The van der Waals surface area contributed by atoms with Crippen molar-refractivity contribution in [2.75, 3.05) is 34.4 Å². The van der Waals surface area contributed by atoms with Gasteiger partial charge in [-0.25, -0.2) is 8.78 Å². The van der Waals surface area contributed by atoms with Gasteiger partial charge in [-0.05, 0) is 29.8 Å². The van der Waals surface area contributed by atoms with Crippen LogP contribution in [-0.2, 0) is 6.54 Å². The molecule has 6 nitrogen and oxygen atoms in total. The monoisotopic (exact) mass is 507 g/mol.